The molecule has 8 nitrogen and oxygen atoms in total. The van der Waals surface area contributed by atoms with Crippen molar-refractivity contribution in [2.75, 3.05) is 42.7 Å². The zero-order valence-corrected chi connectivity index (χ0v) is 18.2. The van der Waals surface area contributed by atoms with E-state index in [1.165, 1.54) is 42.7 Å². The minimum Gasteiger partial charge on any atom is -0.493 e. The van der Waals surface area contributed by atoms with Crippen LogP contribution in [-0.4, -0.2) is 48.6 Å². The summed E-state index contributed by atoms with van der Waals surface area (Å²) in [4.78, 5) is 12.5. The Labute approximate surface area is 180 Å². The molecule has 2 aromatic carbocycles. The first-order valence-corrected chi connectivity index (χ1v) is 9.25. The fraction of sp³-hybridized carbons (Fsp3) is 0.261. The number of benzene rings is 2. The minimum atomic E-state index is -0.488. The molecule has 0 saturated carbocycles. The van der Waals surface area contributed by atoms with Crippen molar-refractivity contribution in [1.29, 1.82) is 0 Å². The maximum atomic E-state index is 12.5. The number of ether oxygens (including phenoxy) is 7. The predicted octanol–water partition coefficient (Wildman–Crippen LogP) is 3.72. The molecule has 0 unspecified atom stereocenters. The Bertz CT molecular complexity index is 1000. The molecule has 2 aromatic rings. The summed E-state index contributed by atoms with van der Waals surface area (Å²) < 4.78 is 37.6. The molecule has 3 rings (SSSR count). The first-order valence-electron chi connectivity index (χ1n) is 9.25. The van der Waals surface area contributed by atoms with Crippen molar-refractivity contribution in [1.82, 2.24) is 0 Å². The average Bonchev–Trinajstić information content (AvgIpc) is 3.17. The lowest BCUT2D eigenvalue weighted by Gasteiger charge is -2.14. The number of rotatable bonds is 8. The lowest BCUT2D eigenvalue weighted by molar-refractivity contribution is -0.130. The quantitative estimate of drug-likeness (QED) is 0.465. The highest BCUT2D eigenvalue weighted by Crippen LogP contribution is 2.42. The zero-order valence-electron chi connectivity index (χ0n) is 18.2. The van der Waals surface area contributed by atoms with Crippen molar-refractivity contribution in [3.05, 3.63) is 47.0 Å². The standard InChI is InChI=1S/C23H24O8/c1-25-17-8-13(9-18(26-2)21(17)29-5)7-15-12-16(31-23(15)24)14-10-19(27-3)22(30-6)20(11-14)28-4/h7-12H,1-6H3/b15-7+. The molecule has 0 aromatic heterocycles. The van der Waals surface area contributed by atoms with E-state index < -0.39 is 5.97 Å². The Balaban J connectivity index is 2.04. The van der Waals surface area contributed by atoms with Crippen LogP contribution in [0.1, 0.15) is 11.1 Å². The second kappa shape index (κ2) is 9.34. The maximum Gasteiger partial charge on any atom is 0.343 e. The van der Waals surface area contributed by atoms with Crippen LogP contribution in [-0.2, 0) is 9.53 Å². The van der Waals surface area contributed by atoms with E-state index in [0.717, 1.165) is 0 Å². The molecule has 0 N–H and O–H groups in total. The Hall–Kier alpha value is -3.81. The molecule has 164 valence electrons. The molecular formula is C23H24O8. The molecule has 0 amide bonds. The minimum absolute atomic E-state index is 0.359. The summed E-state index contributed by atoms with van der Waals surface area (Å²) in [6.45, 7) is 0. The number of methoxy groups -OCH3 is 6. The summed E-state index contributed by atoms with van der Waals surface area (Å²) in [6, 6.07) is 6.91. The van der Waals surface area contributed by atoms with Crippen molar-refractivity contribution in [3.8, 4) is 34.5 Å². The summed E-state index contributed by atoms with van der Waals surface area (Å²) >= 11 is 0. The Morgan fingerprint density at radius 2 is 1.13 bits per heavy atom. The van der Waals surface area contributed by atoms with E-state index in [2.05, 4.69) is 0 Å². The van der Waals surface area contributed by atoms with Crippen LogP contribution in [0, 0.1) is 0 Å². The number of hydrogen-bond donors (Lipinski definition) is 0. The van der Waals surface area contributed by atoms with Crippen LogP contribution < -0.4 is 28.4 Å². The molecule has 0 saturated heterocycles. The van der Waals surface area contributed by atoms with Gasteiger partial charge in [0.2, 0.25) is 11.5 Å². The number of esters is 1. The lowest BCUT2D eigenvalue weighted by atomic mass is 10.1. The molecule has 0 bridgehead atoms. The van der Waals surface area contributed by atoms with Gasteiger partial charge >= 0.3 is 5.97 Å². The first-order chi connectivity index (χ1) is 15.0. The van der Waals surface area contributed by atoms with Gasteiger partial charge in [0, 0.05) is 5.56 Å². The first kappa shape index (κ1) is 21.9. The molecular weight excluding hydrogens is 404 g/mol. The molecule has 1 aliphatic rings. The van der Waals surface area contributed by atoms with E-state index in [-0.39, 0.29) is 0 Å². The number of cyclic esters (lactones) is 1. The summed E-state index contributed by atoms with van der Waals surface area (Å²) in [6.07, 6.45) is 3.32. The van der Waals surface area contributed by atoms with Gasteiger partial charge in [0.1, 0.15) is 5.76 Å². The third-order valence-electron chi connectivity index (χ3n) is 4.68. The van der Waals surface area contributed by atoms with E-state index >= 15 is 0 Å². The second-order valence-electron chi connectivity index (χ2n) is 6.37. The molecule has 0 atom stereocenters. The van der Waals surface area contributed by atoms with Crippen LogP contribution in [0.5, 0.6) is 34.5 Å². The summed E-state index contributed by atoms with van der Waals surface area (Å²) in [7, 11) is 9.14. The van der Waals surface area contributed by atoms with E-state index in [0.29, 0.717) is 57.0 Å². The van der Waals surface area contributed by atoms with Crippen LogP contribution in [0.4, 0.5) is 0 Å². The van der Waals surface area contributed by atoms with Crippen molar-refractivity contribution in [3.63, 3.8) is 0 Å². The van der Waals surface area contributed by atoms with Gasteiger partial charge in [0.15, 0.2) is 23.0 Å². The smallest absolute Gasteiger partial charge is 0.343 e. The van der Waals surface area contributed by atoms with Crippen LogP contribution >= 0.6 is 0 Å². The van der Waals surface area contributed by atoms with Crippen LogP contribution in [0.15, 0.2) is 35.9 Å². The van der Waals surface area contributed by atoms with E-state index in [9.17, 15) is 4.79 Å². The van der Waals surface area contributed by atoms with Crippen molar-refractivity contribution < 1.29 is 38.0 Å². The number of carbonyl (C=O) groups excluding carboxylic acids is 1. The molecule has 1 heterocycles. The van der Waals surface area contributed by atoms with Gasteiger partial charge in [-0.2, -0.15) is 0 Å². The zero-order chi connectivity index (χ0) is 22.5. The molecule has 0 spiro atoms. The Morgan fingerprint density at radius 1 is 0.677 bits per heavy atom. The van der Waals surface area contributed by atoms with Gasteiger partial charge in [-0.3, -0.25) is 0 Å². The van der Waals surface area contributed by atoms with Gasteiger partial charge in [0.05, 0.1) is 48.2 Å². The molecule has 0 aliphatic carbocycles. The van der Waals surface area contributed by atoms with Crippen LogP contribution in [0.3, 0.4) is 0 Å². The predicted molar refractivity (Wildman–Crippen MR) is 114 cm³/mol. The van der Waals surface area contributed by atoms with E-state index in [4.69, 9.17) is 33.2 Å². The van der Waals surface area contributed by atoms with Gasteiger partial charge in [-0.05, 0) is 42.0 Å². The second-order valence-corrected chi connectivity index (χ2v) is 6.37. The highest BCUT2D eigenvalue weighted by Gasteiger charge is 2.25. The summed E-state index contributed by atoms with van der Waals surface area (Å²) in [5.74, 6) is 2.66. The van der Waals surface area contributed by atoms with Gasteiger partial charge < -0.3 is 33.2 Å². The normalized spacial score (nSPS) is 14.1. The van der Waals surface area contributed by atoms with Crippen LogP contribution in [0.2, 0.25) is 0 Å². The number of hydrogen-bond acceptors (Lipinski definition) is 8. The largest absolute Gasteiger partial charge is 0.493 e. The fourth-order valence-corrected chi connectivity index (χ4v) is 3.22. The van der Waals surface area contributed by atoms with Gasteiger partial charge in [0.25, 0.3) is 0 Å². The van der Waals surface area contributed by atoms with Gasteiger partial charge in [-0.1, -0.05) is 0 Å². The SMILES string of the molecule is COc1cc(/C=C2\C=C(c3cc(OC)c(OC)c(OC)c3)OC2=O)cc(OC)c1OC. The van der Waals surface area contributed by atoms with Gasteiger partial charge in [-0.25, -0.2) is 4.79 Å². The van der Waals surface area contributed by atoms with E-state index in [1.54, 1.807) is 36.4 Å². The van der Waals surface area contributed by atoms with E-state index in [1.807, 2.05) is 0 Å². The van der Waals surface area contributed by atoms with Crippen LogP contribution in [0.25, 0.3) is 11.8 Å². The summed E-state index contributed by atoms with van der Waals surface area (Å²) in [5.41, 5.74) is 1.65. The van der Waals surface area contributed by atoms with Crippen molar-refractivity contribution >= 4 is 17.8 Å². The fourth-order valence-electron chi connectivity index (χ4n) is 3.22. The third kappa shape index (κ3) is 4.23. The Morgan fingerprint density at radius 3 is 1.55 bits per heavy atom. The molecule has 0 fully saturated rings. The highest BCUT2D eigenvalue weighted by molar-refractivity contribution is 6.05. The number of carbonyl (C=O) groups is 1. The van der Waals surface area contributed by atoms with Crippen molar-refractivity contribution in [2.45, 2.75) is 0 Å². The topological polar surface area (TPSA) is 81.7 Å². The molecule has 0 radical (unpaired) electrons. The molecule has 31 heavy (non-hydrogen) atoms. The maximum absolute atomic E-state index is 12.5. The monoisotopic (exact) mass is 428 g/mol. The Kier molecular flexibility index (Phi) is 6.59. The summed E-state index contributed by atoms with van der Waals surface area (Å²) in [5, 5.41) is 0. The van der Waals surface area contributed by atoms with Crippen molar-refractivity contribution in [2.24, 2.45) is 0 Å². The van der Waals surface area contributed by atoms with Gasteiger partial charge in [-0.15, -0.1) is 0 Å². The molecule has 8 heteroatoms. The highest BCUT2D eigenvalue weighted by atomic mass is 16.5. The third-order valence-corrected chi connectivity index (χ3v) is 4.68. The lowest BCUT2D eigenvalue weighted by Crippen LogP contribution is -1.99. The average molecular weight is 428 g/mol. The molecule has 1 aliphatic heterocycles.